The standard InChI is InChI=1S/C20H32N4O2S/c1-5-10-23-11-15-17(16(20(23,3)4)14-8-7-9-14)21-18(27-15)24-13-26-12-22(6-2)19(24)25/h14,16H,5-13H2,1-4H3. The van der Waals surface area contributed by atoms with Crippen LogP contribution in [0, 0.1) is 5.92 Å². The summed E-state index contributed by atoms with van der Waals surface area (Å²) in [7, 11) is 0. The molecule has 0 aromatic carbocycles. The van der Waals surface area contributed by atoms with Crippen LogP contribution in [0.25, 0.3) is 0 Å². The minimum absolute atomic E-state index is 0.0136. The Balaban J connectivity index is 1.69. The number of urea groups is 1. The predicted octanol–water partition coefficient (Wildman–Crippen LogP) is 4.22. The fourth-order valence-corrected chi connectivity index (χ4v) is 5.93. The first-order valence-corrected chi connectivity index (χ1v) is 11.2. The van der Waals surface area contributed by atoms with Crippen molar-refractivity contribution >= 4 is 22.5 Å². The number of hydrogen-bond donors (Lipinski definition) is 0. The van der Waals surface area contributed by atoms with Crippen molar-refractivity contribution in [2.45, 2.75) is 71.4 Å². The van der Waals surface area contributed by atoms with Gasteiger partial charge in [-0.25, -0.2) is 14.7 Å². The smallest absolute Gasteiger partial charge is 0.330 e. The molecule has 1 saturated carbocycles. The number of ether oxygens (including phenoxy) is 1. The van der Waals surface area contributed by atoms with Crippen LogP contribution in [0.15, 0.2) is 0 Å². The molecular weight excluding hydrogens is 360 g/mol. The number of anilines is 1. The molecule has 2 aliphatic heterocycles. The molecule has 1 saturated heterocycles. The number of nitrogens with zero attached hydrogens (tertiary/aromatic N) is 4. The Morgan fingerprint density at radius 3 is 2.67 bits per heavy atom. The minimum atomic E-state index is 0.0136. The minimum Gasteiger partial charge on any atom is -0.340 e. The van der Waals surface area contributed by atoms with Crippen LogP contribution >= 0.6 is 11.3 Å². The molecular formula is C20H32N4O2S. The molecule has 4 rings (SSSR count). The van der Waals surface area contributed by atoms with Gasteiger partial charge in [0.2, 0.25) is 0 Å². The molecule has 7 heteroatoms. The summed E-state index contributed by atoms with van der Waals surface area (Å²) in [5.41, 5.74) is 1.36. The highest BCUT2D eigenvalue weighted by Gasteiger charge is 2.48. The average Bonchev–Trinajstić information content (AvgIpc) is 3.00. The quantitative estimate of drug-likeness (QED) is 0.753. The second-order valence-electron chi connectivity index (χ2n) is 8.58. The zero-order valence-corrected chi connectivity index (χ0v) is 17.8. The molecule has 1 aromatic rings. The molecule has 27 heavy (non-hydrogen) atoms. The second-order valence-corrected chi connectivity index (χ2v) is 9.64. The third-order valence-electron chi connectivity index (χ3n) is 6.62. The van der Waals surface area contributed by atoms with Crippen molar-refractivity contribution in [2.75, 3.05) is 31.5 Å². The summed E-state index contributed by atoms with van der Waals surface area (Å²) in [5, 5.41) is 0.807. The van der Waals surface area contributed by atoms with Gasteiger partial charge in [0, 0.05) is 29.4 Å². The average molecular weight is 393 g/mol. The van der Waals surface area contributed by atoms with E-state index < -0.39 is 0 Å². The van der Waals surface area contributed by atoms with Crippen molar-refractivity contribution in [1.82, 2.24) is 14.8 Å². The van der Waals surface area contributed by atoms with Crippen LogP contribution in [-0.4, -0.2) is 52.9 Å². The van der Waals surface area contributed by atoms with Gasteiger partial charge in [-0.3, -0.25) is 4.90 Å². The molecule has 2 fully saturated rings. The second kappa shape index (κ2) is 7.33. The van der Waals surface area contributed by atoms with Crippen LogP contribution in [0.2, 0.25) is 0 Å². The topological polar surface area (TPSA) is 48.9 Å². The van der Waals surface area contributed by atoms with E-state index in [-0.39, 0.29) is 11.6 Å². The van der Waals surface area contributed by atoms with Crippen molar-refractivity contribution in [1.29, 1.82) is 0 Å². The highest BCUT2D eigenvalue weighted by atomic mass is 32.1. The molecule has 1 atom stereocenters. The number of hydrogen-bond acceptors (Lipinski definition) is 5. The Labute approximate surface area is 166 Å². The summed E-state index contributed by atoms with van der Waals surface area (Å²) >= 11 is 1.69. The number of aromatic nitrogens is 1. The monoisotopic (exact) mass is 392 g/mol. The van der Waals surface area contributed by atoms with Gasteiger partial charge in [0.1, 0.15) is 13.5 Å². The van der Waals surface area contributed by atoms with Gasteiger partial charge in [-0.1, -0.05) is 24.7 Å². The van der Waals surface area contributed by atoms with Gasteiger partial charge in [0.25, 0.3) is 0 Å². The molecule has 2 amide bonds. The van der Waals surface area contributed by atoms with Crippen LogP contribution in [0.4, 0.5) is 9.93 Å². The first kappa shape index (κ1) is 19.2. The summed E-state index contributed by atoms with van der Waals surface area (Å²) < 4.78 is 5.64. The van der Waals surface area contributed by atoms with E-state index in [9.17, 15) is 4.79 Å². The lowest BCUT2D eigenvalue weighted by Gasteiger charge is -2.52. The molecule has 1 aromatic heterocycles. The molecule has 3 heterocycles. The predicted molar refractivity (Wildman–Crippen MR) is 108 cm³/mol. The maximum atomic E-state index is 12.8. The van der Waals surface area contributed by atoms with Gasteiger partial charge in [-0.2, -0.15) is 0 Å². The molecule has 150 valence electrons. The molecule has 1 unspecified atom stereocenters. The summed E-state index contributed by atoms with van der Waals surface area (Å²) in [6.45, 7) is 12.4. The van der Waals surface area contributed by atoms with Crippen molar-refractivity contribution in [2.24, 2.45) is 5.92 Å². The molecule has 0 bridgehead atoms. The summed E-state index contributed by atoms with van der Waals surface area (Å²) in [6, 6.07) is 0.0136. The molecule has 1 aliphatic carbocycles. The van der Waals surface area contributed by atoms with E-state index in [0.717, 1.165) is 24.6 Å². The molecule has 6 nitrogen and oxygen atoms in total. The molecule has 0 N–H and O–H groups in total. The van der Waals surface area contributed by atoms with Gasteiger partial charge in [-0.05, 0) is 52.5 Å². The van der Waals surface area contributed by atoms with Crippen LogP contribution in [0.5, 0.6) is 0 Å². The van der Waals surface area contributed by atoms with E-state index in [1.54, 1.807) is 21.1 Å². The summed E-state index contributed by atoms with van der Waals surface area (Å²) in [6.07, 6.45) is 5.10. The van der Waals surface area contributed by atoms with Gasteiger partial charge >= 0.3 is 6.03 Å². The van der Waals surface area contributed by atoms with Gasteiger partial charge in [-0.15, -0.1) is 0 Å². The lowest BCUT2D eigenvalue weighted by atomic mass is 9.65. The van der Waals surface area contributed by atoms with E-state index in [2.05, 4.69) is 25.7 Å². The molecule has 0 radical (unpaired) electrons. The largest absolute Gasteiger partial charge is 0.340 e. The fraction of sp³-hybridized carbons (Fsp3) is 0.800. The number of fused-ring (bicyclic) bond motifs is 1. The maximum Gasteiger partial charge on any atom is 0.330 e. The molecule has 3 aliphatic rings. The van der Waals surface area contributed by atoms with E-state index in [0.29, 0.717) is 31.8 Å². The molecule has 0 spiro atoms. The van der Waals surface area contributed by atoms with E-state index in [1.165, 1.54) is 29.8 Å². The number of carbonyl (C=O) groups excluding carboxylic acids is 1. The first-order chi connectivity index (χ1) is 13.0. The zero-order valence-electron chi connectivity index (χ0n) is 17.0. The van der Waals surface area contributed by atoms with Crippen molar-refractivity contribution in [3.8, 4) is 0 Å². The van der Waals surface area contributed by atoms with Crippen LogP contribution in [0.1, 0.15) is 69.9 Å². The van der Waals surface area contributed by atoms with Gasteiger partial charge in [0.05, 0.1) is 5.69 Å². The van der Waals surface area contributed by atoms with Crippen molar-refractivity contribution in [3.05, 3.63) is 10.6 Å². The fourth-order valence-electron chi connectivity index (χ4n) is 4.83. The Kier molecular flexibility index (Phi) is 5.20. The normalized spacial score (nSPS) is 26.2. The van der Waals surface area contributed by atoms with Crippen LogP contribution in [0.3, 0.4) is 0 Å². The van der Waals surface area contributed by atoms with Crippen molar-refractivity contribution < 1.29 is 9.53 Å². The maximum absolute atomic E-state index is 12.8. The van der Waals surface area contributed by atoms with Gasteiger partial charge < -0.3 is 9.64 Å². The number of carbonyl (C=O) groups is 1. The Morgan fingerprint density at radius 1 is 1.26 bits per heavy atom. The third-order valence-corrected chi connectivity index (χ3v) is 7.70. The summed E-state index contributed by atoms with van der Waals surface area (Å²) in [5.74, 6) is 1.17. The summed E-state index contributed by atoms with van der Waals surface area (Å²) in [4.78, 5) is 25.2. The van der Waals surface area contributed by atoms with E-state index in [4.69, 9.17) is 9.72 Å². The first-order valence-electron chi connectivity index (χ1n) is 10.4. The highest BCUT2D eigenvalue weighted by Crippen LogP contribution is 2.52. The highest BCUT2D eigenvalue weighted by molar-refractivity contribution is 7.16. The van der Waals surface area contributed by atoms with Crippen LogP contribution < -0.4 is 4.90 Å². The van der Waals surface area contributed by atoms with E-state index in [1.807, 2.05) is 6.92 Å². The third kappa shape index (κ3) is 3.17. The number of rotatable bonds is 5. The Bertz CT molecular complexity index is 700. The SMILES string of the molecule is CCCN1Cc2sc(N3COCN(CC)C3=O)nc2C(C2CCC2)C1(C)C. The Morgan fingerprint density at radius 2 is 2.04 bits per heavy atom. The zero-order chi connectivity index (χ0) is 19.2. The lowest BCUT2D eigenvalue weighted by Crippen LogP contribution is -2.54. The van der Waals surface area contributed by atoms with E-state index >= 15 is 0 Å². The lowest BCUT2D eigenvalue weighted by molar-refractivity contribution is 0.0260. The number of thiazole rings is 1. The van der Waals surface area contributed by atoms with Gasteiger partial charge in [0.15, 0.2) is 5.13 Å². The Hall–Kier alpha value is -1.18. The van der Waals surface area contributed by atoms with Crippen molar-refractivity contribution in [3.63, 3.8) is 0 Å². The van der Waals surface area contributed by atoms with Crippen LogP contribution in [-0.2, 0) is 11.3 Å². The number of amides is 2.